The average molecular weight is 630 g/mol. The fourth-order valence-corrected chi connectivity index (χ4v) is 5.76. The third-order valence-electron chi connectivity index (χ3n) is 8.21. The lowest BCUT2D eigenvalue weighted by molar-refractivity contribution is -0.197. The number of rotatable bonds is 11. The molecule has 5 rings (SSSR count). The second kappa shape index (κ2) is 13.5. The molecule has 2 aromatic rings. The molecular formula is C35H41N4O7+. The van der Waals surface area contributed by atoms with E-state index in [1.807, 2.05) is 63.1 Å². The van der Waals surface area contributed by atoms with Crippen LogP contribution in [0.15, 0.2) is 52.9 Å². The quantitative estimate of drug-likeness (QED) is 0.134. The Morgan fingerprint density at radius 1 is 0.935 bits per heavy atom. The molecule has 2 aliphatic heterocycles. The number of hydroxylamine groups is 2. The number of carbonyl (C=O) groups excluding carboxylic acids is 3. The molecule has 0 N–H and O–H groups in total. The molecule has 0 spiro atoms. The molecule has 0 unspecified atom stereocenters. The van der Waals surface area contributed by atoms with Gasteiger partial charge >= 0.3 is 5.97 Å². The van der Waals surface area contributed by atoms with Crippen LogP contribution in [-0.4, -0.2) is 78.3 Å². The Morgan fingerprint density at radius 2 is 1.67 bits per heavy atom. The molecule has 1 aliphatic carbocycles. The van der Waals surface area contributed by atoms with Crippen LogP contribution in [0.1, 0.15) is 32.6 Å². The Kier molecular flexibility index (Phi) is 9.50. The second-order valence-corrected chi connectivity index (χ2v) is 11.6. The summed E-state index contributed by atoms with van der Waals surface area (Å²) in [6, 6.07) is 16.2. The molecule has 11 heteroatoms. The maximum absolute atomic E-state index is 12.5. The number of imide groups is 1. The minimum Gasteiger partial charge on any atom is -0.497 e. The van der Waals surface area contributed by atoms with Crippen LogP contribution in [0.25, 0.3) is 33.4 Å². The zero-order chi connectivity index (χ0) is 33.1. The summed E-state index contributed by atoms with van der Waals surface area (Å²) >= 11 is 0. The molecule has 2 aromatic carbocycles. The van der Waals surface area contributed by atoms with E-state index in [0.29, 0.717) is 41.7 Å². The normalized spacial score (nSPS) is 13.0. The number of hydrogen-bond donors (Lipinski definition) is 0. The first-order chi connectivity index (χ1) is 22.1. The molecule has 0 atom stereocenters. The number of ether oxygens (including phenoxy) is 2. The van der Waals surface area contributed by atoms with Gasteiger partial charge in [0.25, 0.3) is 11.8 Å². The van der Waals surface area contributed by atoms with Crippen LogP contribution in [0.4, 0.5) is 11.4 Å². The maximum Gasteiger partial charge on any atom is 0.333 e. The SMILES string of the molecule is CCN(CCCC(=O)ON1C(=O)CCC1=O)c1cc(OC)c(-c2c3ccc(=[N+](C)C)cc-3oc3cc(OC)ccc23)cc1N(C)C. The van der Waals surface area contributed by atoms with E-state index in [1.54, 1.807) is 14.2 Å². The number of carbonyl (C=O) groups is 3. The van der Waals surface area contributed by atoms with Crippen LogP contribution in [0.2, 0.25) is 0 Å². The molecule has 1 fully saturated rings. The highest BCUT2D eigenvalue weighted by atomic mass is 16.7. The Labute approximate surface area is 268 Å². The summed E-state index contributed by atoms with van der Waals surface area (Å²) in [4.78, 5) is 45.4. The summed E-state index contributed by atoms with van der Waals surface area (Å²) in [5, 5.41) is 2.53. The highest BCUT2D eigenvalue weighted by molar-refractivity contribution is 6.05. The molecule has 0 radical (unpaired) electrons. The molecule has 2 amide bonds. The van der Waals surface area contributed by atoms with Crippen molar-refractivity contribution in [2.24, 2.45) is 0 Å². The molecule has 11 nitrogen and oxygen atoms in total. The summed E-state index contributed by atoms with van der Waals surface area (Å²) in [6.07, 6.45) is 0.653. The minimum atomic E-state index is -0.609. The van der Waals surface area contributed by atoms with Crippen molar-refractivity contribution >= 4 is 40.1 Å². The zero-order valence-corrected chi connectivity index (χ0v) is 27.5. The predicted molar refractivity (Wildman–Crippen MR) is 177 cm³/mol. The topological polar surface area (TPSA) is 105 Å². The molecule has 242 valence electrons. The fourth-order valence-electron chi connectivity index (χ4n) is 5.76. The van der Waals surface area contributed by atoms with Crippen LogP contribution in [0.5, 0.6) is 11.5 Å². The Bertz CT molecular complexity index is 1820. The van der Waals surface area contributed by atoms with Gasteiger partial charge in [0.05, 0.1) is 31.7 Å². The van der Waals surface area contributed by atoms with E-state index in [1.165, 1.54) is 0 Å². The van der Waals surface area contributed by atoms with Crippen LogP contribution in [0.3, 0.4) is 0 Å². The molecule has 2 heterocycles. The third kappa shape index (κ3) is 6.35. The first-order valence-electron chi connectivity index (χ1n) is 15.3. The van der Waals surface area contributed by atoms with E-state index < -0.39 is 17.8 Å². The summed E-state index contributed by atoms with van der Waals surface area (Å²) in [6.45, 7) is 3.26. The van der Waals surface area contributed by atoms with E-state index in [9.17, 15) is 14.4 Å². The smallest absolute Gasteiger partial charge is 0.333 e. The van der Waals surface area contributed by atoms with E-state index in [-0.39, 0.29) is 19.3 Å². The van der Waals surface area contributed by atoms with Gasteiger partial charge in [0.2, 0.25) is 5.36 Å². The molecule has 1 saturated heterocycles. The number of hydrogen-bond acceptors (Lipinski definition) is 9. The lowest BCUT2D eigenvalue weighted by Gasteiger charge is -2.30. The van der Waals surface area contributed by atoms with E-state index in [0.717, 1.165) is 44.6 Å². The largest absolute Gasteiger partial charge is 0.497 e. The summed E-state index contributed by atoms with van der Waals surface area (Å²) in [5.74, 6) is 0.540. The van der Waals surface area contributed by atoms with Crippen LogP contribution < -0.4 is 29.2 Å². The van der Waals surface area contributed by atoms with Gasteiger partial charge < -0.3 is 28.5 Å². The monoisotopic (exact) mass is 629 g/mol. The number of fused-ring (bicyclic) bond motifs is 2. The zero-order valence-electron chi connectivity index (χ0n) is 27.5. The van der Waals surface area contributed by atoms with E-state index >= 15 is 0 Å². The second-order valence-electron chi connectivity index (χ2n) is 11.6. The summed E-state index contributed by atoms with van der Waals surface area (Å²) in [7, 11) is 11.3. The van der Waals surface area contributed by atoms with Crippen molar-refractivity contribution in [2.75, 3.05) is 65.3 Å². The predicted octanol–water partition coefficient (Wildman–Crippen LogP) is 4.53. The van der Waals surface area contributed by atoms with E-state index in [4.69, 9.17) is 18.7 Å². The van der Waals surface area contributed by atoms with Gasteiger partial charge in [-0.25, -0.2) is 9.37 Å². The van der Waals surface area contributed by atoms with Crippen LogP contribution in [0, 0.1) is 0 Å². The van der Waals surface area contributed by atoms with Crippen LogP contribution in [-0.2, 0) is 19.2 Å². The summed E-state index contributed by atoms with van der Waals surface area (Å²) in [5.41, 5.74) is 5.43. The summed E-state index contributed by atoms with van der Waals surface area (Å²) < 4.78 is 20.1. The Morgan fingerprint density at radius 3 is 2.30 bits per heavy atom. The van der Waals surface area contributed by atoms with Gasteiger partial charge in [-0.3, -0.25) is 9.59 Å². The lowest BCUT2D eigenvalue weighted by Crippen LogP contribution is -2.32. The van der Waals surface area contributed by atoms with Crippen molar-refractivity contribution in [2.45, 2.75) is 32.6 Å². The molecule has 3 aliphatic rings. The number of methoxy groups -OCH3 is 2. The Hall–Kier alpha value is -5.06. The fraction of sp³-hybridized carbons (Fsp3) is 0.371. The van der Waals surface area contributed by atoms with Crippen molar-refractivity contribution in [3.63, 3.8) is 0 Å². The van der Waals surface area contributed by atoms with Gasteiger partial charge in [0.15, 0.2) is 0 Å². The molecular weight excluding hydrogens is 588 g/mol. The van der Waals surface area contributed by atoms with Crippen molar-refractivity contribution in [3.8, 4) is 33.9 Å². The van der Waals surface area contributed by atoms with Gasteiger partial charge in [-0.15, -0.1) is 5.06 Å². The van der Waals surface area contributed by atoms with Crippen molar-refractivity contribution in [1.82, 2.24) is 9.64 Å². The molecule has 0 saturated carbocycles. The van der Waals surface area contributed by atoms with Gasteiger partial charge in [0, 0.05) is 86.7 Å². The number of amides is 2. The van der Waals surface area contributed by atoms with Crippen molar-refractivity contribution in [1.29, 1.82) is 0 Å². The first-order valence-corrected chi connectivity index (χ1v) is 15.3. The van der Waals surface area contributed by atoms with Gasteiger partial charge in [0.1, 0.15) is 36.9 Å². The van der Waals surface area contributed by atoms with Gasteiger partial charge in [-0.2, -0.15) is 0 Å². The lowest BCUT2D eigenvalue weighted by atomic mass is 9.92. The first kappa shape index (κ1) is 32.3. The molecule has 0 bridgehead atoms. The van der Waals surface area contributed by atoms with Crippen LogP contribution >= 0.6 is 0 Å². The Balaban J connectivity index is 1.55. The number of benzene rings is 3. The average Bonchev–Trinajstić information content (AvgIpc) is 3.36. The third-order valence-corrected chi connectivity index (χ3v) is 8.21. The molecule has 0 aromatic heterocycles. The highest BCUT2D eigenvalue weighted by Gasteiger charge is 2.32. The maximum atomic E-state index is 12.5. The standard InChI is InChI=1S/C35H41N4O7/c1-8-38(17-9-10-34(42)46-39-32(40)15-16-33(39)41)28-21-29(44-7)26(20-27(28)37(4)5)35-24-13-11-22(36(2)3)18-30(24)45-31-19-23(43-6)12-14-25(31)35/h11-14,18-21H,8-10,15-17H2,1-7H3/q+1. The van der Waals surface area contributed by atoms with Gasteiger partial charge in [-0.05, 0) is 37.6 Å². The molecule has 46 heavy (non-hydrogen) atoms. The highest BCUT2D eigenvalue weighted by Crippen LogP contribution is 2.47. The van der Waals surface area contributed by atoms with Crippen molar-refractivity contribution in [3.05, 3.63) is 53.9 Å². The number of nitrogens with zero attached hydrogens (tertiary/aromatic N) is 4. The number of anilines is 2. The van der Waals surface area contributed by atoms with Gasteiger partial charge in [-0.1, -0.05) is 0 Å². The van der Waals surface area contributed by atoms with Crippen molar-refractivity contribution < 1.29 is 33.1 Å². The minimum absolute atomic E-state index is 0.0595. The van der Waals surface area contributed by atoms with E-state index in [2.05, 4.69) is 34.9 Å².